The number of hydrogen-bond acceptors (Lipinski definition) is 7. The van der Waals surface area contributed by atoms with Crippen molar-refractivity contribution in [3.8, 4) is 5.75 Å². The second-order valence-corrected chi connectivity index (χ2v) is 10.0. The van der Waals surface area contributed by atoms with Gasteiger partial charge in [0.25, 0.3) is 0 Å². The number of carbonyl (C=O) groups excluding carboxylic acids is 2. The first-order chi connectivity index (χ1) is 17.3. The molecule has 2 aromatic carbocycles. The van der Waals surface area contributed by atoms with Gasteiger partial charge in [-0.15, -0.1) is 0 Å². The van der Waals surface area contributed by atoms with Crippen molar-refractivity contribution in [1.82, 2.24) is 10.2 Å². The van der Waals surface area contributed by atoms with E-state index < -0.39 is 16.1 Å². The Kier molecular flexibility index (Phi) is 10.1. The average Bonchev–Trinajstić information content (AvgIpc) is 3.38. The van der Waals surface area contributed by atoms with Gasteiger partial charge in [-0.2, -0.15) is 8.42 Å². The van der Waals surface area contributed by atoms with Gasteiger partial charge >= 0.3 is 22.1 Å². The average molecular weight is 519 g/mol. The van der Waals surface area contributed by atoms with Crippen LogP contribution in [-0.4, -0.2) is 57.7 Å². The van der Waals surface area contributed by atoms with Crippen LogP contribution in [0.15, 0.2) is 53.4 Å². The molecule has 9 nitrogen and oxygen atoms in total. The molecule has 0 saturated carbocycles. The molecule has 1 N–H and O–H groups in total. The number of carbonyl (C=O) groups is 2. The number of hydrogen-bond donors (Lipinski definition) is 1. The zero-order chi connectivity index (χ0) is 26.0. The first kappa shape index (κ1) is 27.5. The smallest absolute Gasteiger partial charge is 0.340 e. The number of esters is 1. The quantitative estimate of drug-likeness (QED) is 0.256. The van der Waals surface area contributed by atoms with E-state index in [2.05, 4.69) is 5.32 Å². The minimum Gasteiger partial charge on any atom is -0.462 e. The Bertz CT molecular complexity index is 1110. The highest BCUT2D eigenvalue weighted by Crippen LogP contribution is 2.23. The van der Waals surface area contributed by atoms with Gasteiger partial charge in [-0.05, 0) is 56.0 Å². The van der Waals surface area contributed by atoms with Crippen molar-refractivity contribution in [1.29, 1.82) is 0 Å². The van der Waals surface area contributed by atoms with E-state index in [1.165, 1.54) is 30.3 Å². The second kappa shape index (κ2) is 13.3. The van der Waals surface area contributed by atoms with E-state index >= 15 is 0 Å². The topological polar surface area (TPSA) is 111 Å². The lowest BCUT2D eigenvalue weighted by Gasteiger charge is -2.25. The first-order valence-electron chi connectivity index (χ1n) is 12.3. The fraction of sp³-hybridized carbons (Fsp3) is 0.462. The summed E-state index contributed by atoms with van der Waals surface area (Å²) in [5.41, 5.74) is 0.737. The Morgan fingerprint density at radius 3 is 2.53 bits per heavy atom. The van der Waals surface area contributed by atoms with Gasteiger partial charge in [0.1, 0.15) is 10.6 Å². The van der Waals surface area contributed by atoms with Crippen LogP contribution in [0, 0.1) is 0 Å². The summed E-state index contributed by atoms with van der Waals surface area (Å²) in [6, 6.07) is 12.1. The van der Waals surface area contributed by atoms with Crippen molar-refractivity contribution >= 4 is 22.1 Å². The first-order valence-corrected chi connectivity index (χ1v) is 13.7. The highest BCUT2D eigenvalue weighted by atomic mass is 32.2. The second-order valence-electron chi connectivity index (χ2n) is 8.52. The Labute approximate surface area is 212 Å². The van der Waals surface area contributed by atoms with Gasteiger partial charge in [0, 0.05) is 26.2 Å². The molecular weight excluding hydrogens is 484 g/mol. The molecular formula is C26H34N2O7S. The molecule has 1 aliphatic rings. The van der Waals surface area contributed by atoms with Crippen LogP contribution in [0.25, 0.3) is 0 Å². The summed E-state index contributed by atoms with van der Waals surface area (Å²) in [5.74, 6) is -0.616. The molecule has 3 rings (SSSR count). The fourth-order valence-corrected chi connectivity index (χ4v) is 4.92. The molecule has 0 spiro atoms. The maximum atomic E-state index is 13.0. The highest BCUT2D eigenvalue weighted by Gasteiger charge is 2.26. The molecule has 2 aromatic rings. The summed E-state index contributed by atoms with van der Waals surface area (Å²) in [7, 11) is -4.28. The van der Waals surface area contributed by atoms with Crippen molar-refractivity contribution in [2.45, 2.75) is 57.1 Å². The fourth-order valence-electron chi connectivity index (χ4n) is 3.80. The van der Waals surface area contributed by atoms with E-state index in [4.69, 9.17) is 13.7 Å². The van der Waals surface area contributed by atoms with E-state index in [-0.39, 0.29) is 35.0 Å². The number of unbranched alkanes of at least 4 members (excludes halogenated alkanes) is 1. The van der Waals surface area contributed by atoms with E-state index in [0.29, 0.717) is 32.7 Å². The lowest BCUT2D eigenvalue weighted by Crippen LogP contribution is -2.43. The normalized spacial score (nSPS) is 15.3. The van der Waals surface area contributed by atoms with Crippen LogP contribution in [0.5, 0.6) is 5.75 Å². The molecule has 36 heavy (non-hydrogen) atoms. The van der Waals surface area contributed by atoms with Crippen LogP contribution in [0.2, 0.25) is 0 Å². The molecule has 0 aliphatic carbocycles. The number of nitrogens with one attached hydrogen (secondary N) is 1. The van der Waals surface area contributed by atoms with E-state index in [0.717, 1.165) is 24.8 Å². The lowest BCUT2D eigenvalue weighted by molar-refractivity contribution is 0.0495. The highest BCUT2D eigenvalue weighted by molar-refractivity contribution is 7.87. The number of nitrogens with zero attached hydrogens (tertiary/aromatic N) is 1. The summed E-state index contributed by atoms with van der Waals surface area (Å²) in [4.78, 5) is 26.4. The zero-order valence-electron chi connectivity index (χ0n) is 20.8. The predicted octanol–water partition coefficient (Wildman–Crippen LogP) is 4.12. The van der Waals surface area contributed by atoms with Crippen molar-refractivity contribution in [3.05, 3.63) is 59.7 Å². The van der Waals surface area contributed by atoms with Gasteiger partial charge in [-0.3, -0.25) is 0 Å². The Hall–Kier alpha value is -3.11. The van der Waals surface area contributed by atoms with Crippen LogP contribution in [-0.2, 0) is 26.1 Å². The summed E-state index contributed by atoms with van der Waals surface area (Å²) >= 11 is 0. The molecule has 10 heteroatoms. The van der Waals surface area contributed by atoms with E-state index in [9.17, 15) is 18.0 Å². The van der Waals surface area contributed by atoms with Crippen molar-refractivity contribution in [2.75, 3.05) is 26.3 Å². The predicted molar refractivity (Wildman–Crippen MR) is 134 cm³/mol. The molecule has 0 unspecified atom stereocenters. The summed E-state index contributed by atoms with van der Waals surface area (Å²) in [6.45, 7) is 6.07. The summed E-state index contributed by atoms with van der Waals surface area (Å²) in [6.07, 6.45) is 3.44. The standard InChI is InChI=1S/C26H34N2O7S/c1-3-5-16-34-25(29)23-10-6-7-11-24(23)36(31,32)35-21-14-12-20(13-15-21)18-28(26(30)27-4-2)19-22-9-8-17-33-22/h6-7,10-15,22H,3-5,8-9,16-19H2,1-2H3,(H,27,30)/t22-/m1/s1. The number of rotatable bonds is 12. The number of urea groups is 1. The van der Waals surface area contributed by atoms with Gasteiger partial charge in [-0.25, -0.2) is 9.59 Å². The lowest BCUT2D eigenvalue weighted by atomic mass is 10.2. The van der Waals surface area contributed by atoms with E-state index in [1.807, 2.05) is 13.8 Å². The van der Waals surface area contributed by atoms with Gasteiger partial charge < -0.3 is 23.9 Å². The van der Waals surface area contributed by atoms with E-state index in [1.54, 1.807) is 23.1 Å². The van der Waals surface area contributed by atoms with Crippen molar-refractivity contribution in [3.63, 3.8) is 0 Å². The molecule has 0 radical (unpaired) electrons. The third-order valence-electron chi connectivity index (χ3n) is 5.67. The minimum atomic E-state index is -4.28. The van der Waals surface area contributed by atoms with Crippen LogP contribution in [0.3, 0.4) is 0 Å². The Morgan fingerprint density at radius 1 is 1.11 bits per heavy atom. The zero-order valence-corrected chi connectivity index (χ0v) is 21.6. The molecule has 1 aliphatic heterocycles. The van der Waals surface area contributed by atoms with Gasteiger partial charge in [-0.1, -0.05) is 37.6 Å². The third-order valence-corrected chi connectivity index (χ3v) is 6.98. The summed E-state index contributed by atoms with van der Waals surface area (Å²) < 4.78 is 42.1. The van der Waals surface area contributed by atoms with Crippen LogP contribution in [0.4, 0.5) is 4.79 Å². The molecule has 1 saturated heterocycles. The van der Waals surface area contributed by atoms with Crippen LogP contribution < -0.4 is 9.50 Å². The van der Waals surface area contributed by atoms with Crippen molar-refractivity contribution in [2.24, 2.45) is 0 Å². The molecule has 2 amide bonds. The number of amides is 2. The van der Waals surface area contributed by atoms with Crippen LogP contribution in [0.1, 0.15) is 55.5 Å². The number of benzene rings is 2. The minimum absolute atomic E-state index is 0.00841. The van der Waals surface area contributed by atoms with Crippen molar-refractivity contribution < 1.29 is 31.7 Å². The Balaban J connectivity index is 1.70. The third kappa shape index (κ3) is 7.69. The monoisotopic (exact) mass is 518 g/mol. The molecule has 1 heterocycles. The Morgan fingerprint density at radius 2 is 1.86 bits per heavy atom. The van der Waals surface area contributed by atoms with Crippen LogP contribution >= 0.6 is 0 Å². The largest absolute Gasteiger partial charge is 0.462 e. The maximum Gasteiger partial charge on any atom is 0.340 e. The molecule has 0 bridgehead atoms. The molecule has 1 atom stereocenters. The van der Waals surface area contributed by atoms with Gasteiger partial charge in [0.2, 0.25) is 0 Å². The van der Waals surface area contributed by atoms with Gasteiger partial charge in [0.15, 0.2) is 0 Å². The SMILES string of the molecule is CCCCOC(=O)c1ccccc1S(=O)(=O)Oc1ccc(CN(C[C@H]2CCCO2)C(=O)NCC)cc1. The molecule has 0 aromatic heterocycles. The molecule has 1 fully saturated rings. The maximum absolute atomic E-state index is 13.0. The summed E-state index contributed by atoms with van der Waals surface area (Å²) in [5, 5.41) is 2.82. The number of ether oxygens (including phenoxy) is 2. The molecule has 196 valence electrons. The van der Waals surface area contributed by atoms with Gasteiger partial charge in [0.05, 0.1) is 18.3 Å².